The fraction of sp³-hybridized carbons (Fsp3) is 0.552. The number of hydrogen-bond acceptors (Lipinski definition) is 16. The number of carbonyl (C=O) groups is 6. The molecule has 24 nitrogen and oxygen atoms in total. The molecule has 6 amide bonds. The van der Waals surface area contributed by atoms with Crippen molar-refractivity contribution in [3.63, 3.8) is 0 Å². The summed E-state index contributed by atoms with van der Waals surface area (Å²) >= 11 is 0. The molecule has 0 spiro atoms. The van der Waals surface area contributed by atoms with Gasteiger partial charge in [-0.2, -0.15) is 4.68 Å². The number of fused-ring (bicyclic) bond motifs is 5. The number of rotatable bonds is 27. The minimum atomic E-state index is -0.935. The fourth-order valence-corrected chi connectivity index (χ4v) is 9.48. The van der Waals surface area contributed by atoms with Crippen molar-refractivity contribution in [3.05, 3.63) is 94.1 Å². The number of anilines is 1. The van der Waals surface area contributed by atoms with Crippen LogP contribution in [0.3, 0.4) is 0 Å². The van der Waals surface area contributed by atoms with Crippen LogP contribution in [0.5, 0.6) is 5.88 Å². The normalized spacial score (nSPS) is 17.2. The van der Waals surface area contributed by atoms with Crippen molar-refractivity contribution in [1.82, 2.24) is 56.1 Å². The van der Waals surface area contributed by atoms with Crippen LogP contribution in [0.4, 0.5) is 11.6 Å². The zero-order valence-corrected chi connectivity index (χ0v) is 48.7. The predicted molar refractivity (Wildman–Crippen MR) is 305 cm³/mol. The van der Waals surface area contributed by atoms with Crippen LogP contribution >= 0.6 is 0 Å². The summed E-state index contributed by atoms with van der Waals surface area (Å²) in [6.07, 6.45) is 1.82. The van der Waals surface area contributed by atoms with Gasteiger partial charge in [0, 0.05) is 43.6 Å². The van der Waals surface area contributed by atoms with E-state index in [1.54, 1.807) is 34.0 Å². The molecule has 2 aromatic heterocycles. The van der Waals surface area contributed by atoms with Gasteiger partial charge in [0.25, 0.3) is 17.6 Å². The summed E-state index contributed by atoms with van der Waals surface area (Å²) in [7, 11) is 3.32. The zero-order valence-electron chi connectivity index (χ0n) is 48.7. The van der Waals surface area contributed by atoms with E-state index in [0.717, 1.165) is 11.1 Å². The summed E-state index contributed by atoms with van der Waals surface area (Å²) in [6, 6.07) is 11.9. The third-order valence-corrected chi connectivity index (χ3v) is 14.1. The number of benzene rings is 2. The van der Waals surface area contributed by atoms with Crippen LogP contribution in [0.25, 0.3) is 16.1 Å². The number of aromatic nitrogens is 4. The molecule has 6 atom stereocenters. The molecule has 444 valence electrons. The number of ether oxygens (including phenoxy) is 5. The minimum Gasteiger partial charge on any atom is -0.467 e. The Morgan fingerprint density at radius 1 is 0.927 bits per heavy atom. The molecule has 82 heavy (non-hydrogen) atoms. The van der Waals surface area contributed by atoms with Gasteiger partial charge in [-0.25, -0.2) is 9.97 Å². The van der Waals surface area contributed by atoms with E-state index >= 15 is 0 Å². The molecule has 7 N–H and O–H groups in total. The Morgan fingerprint density at radius 3 is 2.20 bits per heavy atom. The highest BCUT2D eigenvalue weighted by atomic mass is 16.6. The van der Waals surface area contributed by atoms with Crippen LogP contribution in [-0.4, -0.2) is 169 Å². The van der Waals surface area contributed by atoms with E-state index in [1.807, 2.05) is 77.1 Å². The summed E-state index contributed by atoms with van der Waals surface area (Å²) in [5.74, 6) is -1.62. The molecule has 4 aromatic rings. The lowest BCUT2D eigenvalue weighted by atomic mass is 9.85. The SMILES string of the molecule is [C-]#[N+]c1c2c(nn1CCNC(=O)CCOCCOCCOCCOCCC(=O)N[C@H]1C[C@@H](C(=O)N[C@H](CC)c3ccccc3)N(C(=O)[C@@H](NC(=O)[C@H](C)NC)C(C)(C)C)C1)CN(C)C(=O)c1ccc(C)cc1[C@@H](C)Oc1nc-2cnc1N. The van der Waals surface area contributed by atoms with Gasteiger partial charge in [0.2, 0.25) is 29.5 Å². The summed E-state index contributed by atoms with van der Waals surface area (Å²) in [4.78, 5) is 96.8. The number of nitrogen functional groups attached to an aromatic ring is 1. The number of amides is 6. The molecule has 4 heterocycles. The van der Waals surface area contributed by atoms with Gasteiger partial charge in [0.1, 0.15) is 30.4 Å². The summed E-state index contributed by atoms with van der Waals surface area (Å²) < 4.78 is 30.1. The Hall–Kier alpha value is -7.56. The smallest absolute Gasteiger partial charge is 0.262 e. The Balaban J connectivity index is 0.860. The van der Waals surface area contributed by atoms with Crippen molar-refractivity contribution < 1.29 is 52.5 Å². The highest BCUT2D eigenvalue weighted by molar-refractivity contribution is 5.96. The molecule has 0 radical (unpaired) electrons. The van der Waals surface area contributed by atoms with Gasteiger partial charge in [-0.05, 0) is 57.7 Å². The second-order valence-corrected chi connectivity index (χ2v) is 21.4. The van der Waals surface area contributed by atoms with Crippen LogP contribution in [0, 0.1) is 18.9 Å². The largest absolute Gasteiger partial charge is 0.467 e. The predicted octanol–water partition coefficient (Wildman–Crippen LogP) is 3.96. The third-order valence-electron chi connectivity index (χ3n) is 14.1. The van der Waals surface area contributed by atoms with Crippen molar-refractivity contribution >= 4 is 47.1 Å². The van der Waals surface area contributed by atoms with Gasteiger partial charge in [-0.1, -0.05) is 82.3 Å². The molecule has 2 aromatic carbocycles. The first kappa shape index (κ1) is 63.6. The van der Waals surface area contributed by atoms with Crippen molar-refractivity contribution in [2.45, 2.75) is 124 Å². The molecule has 1 fully saturated rings. The van der Waals surface area contributed by atoms with Gasteiger partial charge in [0.05, 0.1) is 95.5 Å². The molecule has 0 unspecified atom stereocenters. The standard InChI is InChI=1S/C58H81N13O11/c1-11-43(39-15-13-12-14-16-39)65-54(75)46-32-40(34-70(46)57(77)50(58(5,6)7)67-53(74)37(3)60-8)64-48(73)20-24-79-26-28-81-30-29-80-27-25-78-23-19-47(72)62-21-22-71-52(61-9)49-44-33-63-51(59)55(66-44)82-38(4)42-31-36(2)17-18-41(42)56(76)69(10)35-45(49)68-71/h12-18,31,33,37-38,40,43,46,50,60H,11,19-30,32,34-35H2,1-8,10H3,(H2,59,63)(H,62,72)(H,64,73)(H,65,75)(H,67,74)/t37-,38+,40-,43+,46-,50+/m0/s1. The van der Waals surface area contributed by atoms with Crippen molar-refractivity contribution in [2.24, 2.45) is 5.41 Å². The van der Waals surface area contributed by atoms with E-state index in [1.165, 1.54) is 20.7 Å². The molecule has 2 aliphatic heterocycles. The number of likely N-dealkylation sites (N-methyl/N-ethyl adjacent to an activating group) is 1. The number of carbonyl (C=O) groups excluding carboxylic acids is 6. The van der Waals surface area contributed by atoms with Gasteiger partial charge in [-0.15, -0.1) is 5.10 Å². The lowest BCUT2D eigenvalue weighted by molar-refractivity contribution is -0.144. The number of nitrogens with one attached hydrogen (secondary N) is 5. The highest BCUT2D eigenvalue weighted by Gasteiger charge is 2.46. The van der Waals surface area contributed by atoms with Gasteiger partial charge >= 0.3 is 0 Å². The Bertz CT molecular complexity index is 2870. The van der Waals surface area contributed by atoms with Crippen molar-refractivity contribution in [2.75, 3.05) is 85.8 Å². The number of aryl methyl sites for hydroxylation is 1. The van der Waals surface area contributed by atoms with E-state index in [2.05, 4.69) is 41.4 Å². The summed E-state index contributed by atoms with van der Waals surface area (Å²) in [6.45, 7) is 23.5. The first-order valence-electron chi connectivity index (χ1n) is 27.9. The summed E-state index contributed by atoms with van der Waals surface area (Å²) in [5, 5.41) is 19.5. The molecular formula is C58H81N13O11. The molecule has 2 bridgehead atoms. The second-order valence-electron chi connectivity index (χ2n) is 21.4. The van der Waals surface area contributed by atoms with Crippen molar-refractivity contribution in [1.29, 1.82) is 0 Å². The average molecular weight is 1140 g/mol. The van der Waals surface area contributed by atoms with Gasteiger partial charge in [-0.3, -0.25) is 28.8 Å². The van der Waals surface area contributed by atoms with E-state index < -0.39 is 41.6 Å². The average Bonchev–Trinajstić information content (AvgIpc) is 4.17. The Labute approximate surface area is 480 Å². The van der Waals surface area contributed by atoms with E-state index in [0.29, 0.717) is 47.7 Å². The molecule has 6 rings (SSSR count). The quantitative estimate of drug-likeness (QED) is 0.0364. The maximum atomic E-state index is 14.3. The summed E-state index contributed by atoms with van der Waals surface area (Å²) in [5.41, 5.74) is 9.60. The van der Waals surface area contributed by atoms with Crippen LogP contribution in [0.2, 0.25) is 0 Å². The van der Waals surface area contributed by atoms with Gasteiger partial charge < -0.3 is 70.6 Å². The molecule has 0 aliphatic carbocycles. The Kier molecular flexibility index (Phi) is 23.6. The Morgan fingerprint density at radius 2 is 1.57 bits per heavy atom. The fourth-order valence-electron chi connectivity index (χ4n) is 9.48. The topological polar surface area (TPSA) is 289 Å². The minimum absolute atomic E-state index is 0.0519. The number of likely N-dealkylation sites (tertiary alicyclic amines) is 1. The van der Waals surface area contributed by atoms with E-state index in [-0.39, 0.29) is 138 Å². The first-order valence-corrected chi connectivity index (χ1v) is 27.9. The zero-order chi connectivity index (χ0) is 59.5. The maximum absolute atomic E-state index is 14.3. The second kappa shape index (κ2) is 30.5. The van der Waals surface area contributed by atoms with Crippen molar-refractivity contribution in [3.8, 4) is 17.1 Å². The number of nitrogens with zero attached hydrogens (tertiary/aromatic N) is 7. The lowest BCUT2D eigenvalue weighted by Crippen LogP contribution is -2.59. The molecule has 0 saturated carbocycles. The van der Waals surface area contributed by atoms with E-state index in [9.17, 15) is 28.8 Å². The van der Waals surface area contributed by atoms with Crippen LogP contribution in [0.15, 0.2) is 54.7 Å². The number of hydrogen-bond donors (Lipinski definition) is 6. The molecule has 2 aliphatic rings. The third kappa shape index (κ3) is 17.5. The first-order chi connectivity index (χ1) is 39.2. The highest BCUT2D eigenvalue weighted by Crippen LogP contribution is 2.37. The van der Waals surface area contributed by atoms with Crippen LogP contribution in [-0.2, 0) is 56.0 Å². The van der Waals surface area contributed by atoms with Crippen LogP contribution < -0.4 is 37.1 Å². The molecular weight excluding hydrogens is 1050 g/mol. The molecule has 1 saturated heterocycles. The lowest BCUT2D eigenvalue weighted by Gasteiger charge is -2.36. The monoisotopic (exact) mass is 1140 g/mol. The maximum Gasteiger partial charge on any atom is 0.262 e. The van der Waals surface area contributed by atoms with Gasteiger partial charge in [0.15, 0.2) is 5.82 Å². The van der Waals surface area contributed by atoms with Crippen LogP contribution in [0.1, 0.15) is 112 Å². The van der Waals surface area contributed by atoms with E-state index in [4.69, 9.17) is 41.1 Å². The molecule has 24 heteroatoms. The number of nitrogens with two attached hydrogens (primary N) is 1.